The summed E-state index contributed by atoms with van der Waals surface area (Å²) in [6, 6.07) is 13.8. The maximum atomic E-state index is 13.5. The summed E-state index contributed by atoms with van der Waals surface area (Å²) in [7, 11) is -2.40. The second-order valence-electron chi connectivity index (χ2n) is 8.42. The van der Waals surface area contributed by atoms with Crippen LogP contribution < -0.4 is 9.46 Å². The molecule has 3 aromatic rings. The first-order valence-corrected chi connectivity index (χ1v) is 12.8. The number of sulfonamides is 1. The van der Waals surface area contributed by atoms with Crippen molar-refractivity contribution in [3.05, 3.63) is 59.9 Å². The van der Waals surface area contributed by atoms with Gasteiger partial charge in [-0.15, -0.1) is 0 Å². The van der Waals surface area contributed by atoms with Crippen molar-refractivity contribution in [2.75, 3.05) is 13.7 Å². The minimum absolute atomic E-state index is 0.0183. The Labute approximate surface area is 194 Å². The highest BCUT2D eigenvalue weighted by atomic mass is 32.2. The lowest BCUT2D eigenvalue weighted by atomic mass is 10.1. The van der Waals surface area contributed by atoms with Crippen LogP contribution >= 0.6 is 0 Å². The Kier molecular flexibility index (Phi) is 6.76. The number of methoxy groups -OCH3 is 1. The topological polar surface area (TPSA) is 88.8 Å². The summed E-state index contributed by atoms with van der Waals surface area (Å²) in [5.74, 6) is 0.617. The highest BCUT2D eigenvalue weighted by molar-refractivity contribution is 7.89. The molecule has 1 atom stereocenters. The van der Waals surface area contributed by atoms with E-state index in [1.165, 1.54) is 19.2 Å². The number of nitrogens with zero attached hydrogens (tertiary/aromatic N) is 1. The average molecular weight is 471 g/mol. The van der Waals surface area contributed by atoms with Gasteiger partial charge in [-0.25, -0.2) is 13.1 Å². The summed E-state index contributed by atoms with van der Waals surface area (Å²) in [5.41, 5.74) is 1.05. The number of hydrogen-bond acceptors (Lipinski definition) is 5. The summed E-state index contributed by atoms with van der Waals surface area (Å²) >= 11 is 0. The van der Waals surface area contributed by atoms with Gasteiger partial charge in [-0.1, -0.05) is 31.0 Å². The van der Waals surface area contributed by atoms with E-state index in [-0.39, 0.29) is 34.2 Å². The molecule has 1 fully saturated rings. The Hall–Kier alpha value is -2.84. The average Bonchev–Trinajstić information content (AvgIpc) is 3.48. The van der Waals surface area contributed by atoms with Gasteiger partial charge in [0.15, 0.2) is 0 Å². The van der Waals surface area contributed by atoms with E-state index in [9.17, 15) is 13.2 Å². The van der Waals surface area contributed by atoms with Crippen molar-refractivity contribution in [3.8, 4) is 5.75 Å². The number of furan rings is 1. The molecular weight excluding hydrogens is 440 g/mol. The fourth-order valence-corrected chi connectivity index (χ4v) is 5.97. The highest BCUT2D eigenvalue weighted by Gasteiger charge is 2.29. The van der Waals surface area contributed by atoms with Gasteiger partial charge < -0.3 is 14.1 Å². The molecule has 8 heteroatoms. The standard InChI is InChI=1S/C25H30N2O5S/c1-4-27(17(2)23-15-18-9-5-8-12-21(18)32-23)25(28)19-13-14-22(31-3)24(16-19)33(29,30)26-20-10-6-7-11-20/h5,8-9,12-17,20,26H,4,6-7,10-11H2,1-3H3. The van der Waals surface area contributed by atoms with Crippen molar-refractivity contribution in [1.29, 1.82) is 0 Å². The summed E-state index contributed by atoms with van der Waals surface area (Å²) in [6.07, 6.45) is 3.65. The Bertz CT molecular complexity index is 1210. The molecule has 1 aliphatic rings. The van der Waals surface area contributed by atoms with E-state index in [1.807, 2.05) is 44.2 Å². The highest BCUT2D eigenvalue weighted by Crippen LogP contribution is 2.31. The number of para-hydroxylation sites is 1. The fraction of sp³-hybridized carbons (Fsp3) is 0.400. The SMILES string of the molecule is CCN(C(=O)c1ccc(OC)c(S(=O)(=O)NC2CCCC2)c1)C(C)c1cc2ccccc2o1. The number of ether oxygens (including phenoxy) is 1. The molecule has 1 saturated carbocycles. The monoisotopic (exact) mass is 470 g/mol. The maximum absolute atomic E-state index is 13.5. The van der Waals surface area contributed by atoms with Crippen LogP contribution in [0.5, 0.6) is 5.75 Å². The van der Waals surface area contributed by atoms with Gasteiger partial charge in [-0.3, -0.25) is 4.79 Å². The summed E-state index contributed by atoms with van der Waals surface area (Å²) in [6.45, 7) is 4.23. The molecule has 4 rings (SSSR count). The molecule has 1 aliphatic carbocycles. The van der Waals surface area contributed by atoms with Crippen LogP contribution in [0.1, 0.15) is 61.7 Å². The van der Waals surface area contributed by atoms with Gasteiger partial charge in [0.2, 0.25) is 10.0 Å². The van der Waals surface area contributed by atoms with E-state index in [4.69, 9.17) is 9.15 Å². The Balaban J connectivity index is 1.64. The third-order valence-corrected chi connectivity index (χ3v) is 7.84. The molecule has 7 nitrogen and oxygen atoms in total. The molecule has 176 valence electrons. The first-order valence-electron chi connectivity index (χ1n) is 11.3. The van der Waals surface area contributed by atoms with Crippen LogP contribution in [0.3, 0.4) is 0 Å². The zero-order valence-corrected chi connectivity index (χ0v) is 20.0. The summed E-state index contributed by atoms with van der Waals surface area (Å²) < 4.78 is 40.3. The lowest BCUT2D eigenvalue weighted by Crippen LogP contribution is -2.34. The molecule has 0 radical (unpaired) electrons. The zero-order chi connectivity index (χ0) is 23.6. The van der Waals surface area contributed by atoms with Crippen LogP contribution in [0.2, 0.25) is 0 Å². The van der Waals surface area contributed by atoms with E-state index in [0.717, 1.165) is 36.7 Å². The van der Waals surface area contributed by atoms with E-state index < -0.39 is 10.0 Å². The predicted octanol–water partition coefficient (Wildman–Crippen LogP) is 4.89. The van der Waals surface area contributed by atoms with Crippen molar-refractivity contribution < 1.29 is 22.4 Å². The molecule has 33 heavy (non-hydrogen) atoms. The summed E-state index contributed by atoms with van der Waals surface area (Å²) in [4.78, 5) is 15.1. The largest absolute Gasteiger partial charge is 0.495 e. The van der Waals surface area contributed by atoms with Crippen molar-refractivity contribution in [2.24, 2.45) is 0 Å². The van der Waals surface area contributed by atoms with Gasteiger partial charge >= 0.3 is 0 Å². The third-order valence-electron chi connectivity index (χ3n) is 6.30. The molecule has 0 aliphatic heterocycles. The quantitative estimate of drug-likeness (QED) is 0.507. The molecule has 1 unspecified atom stereocenters. The molecule has 1 amide bonds. The van der Waals surface area contributed by atoms with Crippen LogP contribution in [0.15, 0.2) is 57.8 Å². The van der Waals surface area contributed by atoms with Crippen molar-refractivity contribution in [3.63, 3.8) is 0 Å². The molecule has 1 N–H and O–H groups in total. The van der Waals surface area contributed by atoms with E-state index in [0.29, 0.717) is 12.3 Å². The number of hydrogen-bond donors (Lipinski definition) is 1. The number of fused-ring (bicyclic) bond motifs is 1. The number of carbonyl (C=O) groups is 1. The first-order chi connectivity index (χ1) is 15.8. The maximum Gasteiger partial charge on any atom is 0.254 e. The van der Waals surface area contributed by atoms with E-state index in [2.05, 4.69) is 4.72 Å². The molecule has 0 bridgehead atoms. The van der Waals surface area contributed by atoms with Crippen LogP contribution in [0.4, 0.5) is 0 Å². The van der Waals surface area contributed by atoms with Crippen LogP contribution in [0, 0.1) is 0 Å². The minimum atomic E-state index is -3.83. The first kappa shape index (κ1) is 23.3. The van der Waals surface area contributed by atoms with Gasteiger partial charge in [0, 0.05) is 23.5 Å². The van der Waals surface area contributed by atoms with Gasteiger partial charge in [0.25, 0.3) is 5.91 Å². The van der Waals surface area contributed by atoms with E-state index >= 15 is 0 Å². The Morgan fingerprint density at radius 3 is 2.58 bits per heavy atom. The van der Waals surface area contributed by atoms with Gasteiger partial charge in [0.05, 0.1) is 13.2 Å². The fourth-order valence-electron chi connectivity index (χ4n) is 4.47. The number of amides is 1. The summed E-state index contributed by atoms with van der Waals surface area (Å²) in [5, 5.41) is 0.971. The molecular formula is C25H30N2O5S. The molecule has 0 saturated heterocycles. The van der Waals surface area contributed by atoms with Crippen LogP contribution in [0.25, 0.3) is 11.0 Å². The van der Waals surface area contributed by atoms with Crippen molar-refractivity contribution >= 4 is 26.9 Å². The zero-order valence-electron chi connectivity index (χ0n) is 19.2. The number of nitrogens with one attached hydrogen (secondary N) is 1. The Morgan fingerprint density at radius 1 is 1.18 bits per heavy atom. The van der Waals surface area contributed by atoms with E-state index in [1.54, 1.807) is 11.0 Å². The lowest BCUT2D eigenvalue weighted by molar-refractivity contribution is 0.0684. The second-order valence-corrected chi connectivity index (χ2v) is 10.1. The lowest BCUT2D eigenvalue weighted by Gasteiger charge is -2.27. The smallest absolute Gasteiger partial charge is 0.254 e. The van der Waals surface area contributed by atoms with Gasteiger partial charge in [-0.2, -0.15) is 0 Å². The molecule has 2 aromatic carbocycles. The van der Waals surface area contributed by atoms with Crippen molar-refractivity contribution in [2.45, 2.75) is 56.5 Å². The molecule has 0 spiro atoms. The minimum Gasteiger partial charge on any atom is -0.495 e. The molecule has 1 heterocycles. The van der Waals surface area contributed by atoms with Gasteiger partial charge in [-0.05, 0) is 57.0 Å². The predicted molar refractivity (Wildman–Crippen MR) is 127 cm³/mol. The number of benzene rings is 2. The third kappa shape index (κ3) is 4.77. The number of rotatable bonds is 8. The van der Waals surface area contributed by atoms with Crippen LogP contribution in [-0.4, -0.2) is 38.9 Å². The molecule has 1 aromatic heterocycles. The normalized spacial score (nSPS) is 15.6. The number of carbonyl (C=O) groups excluding carboxylic acids is 1. The Morgan fingerprint density at radius 2 is 1.91 bits per heavy atom. The van der Waals surface area contributed by atoms with Crippen molar-refractivity contribution in [1.82, 2.24) is 9.62 Å². The van der Waals surface area contributed by atoms with Gasteiger partial charge in [0.1, 0.15) is 22.0 Å². The van der Waals surface area contributed by atoms with Crippen LogP contribution in [-0.2, 0) is 10.0 Å². The second kappa shape index (κ2) is 9.57.